The molecular formula is C19H19N3O2S. The molecule has 5 nitrogen and oxygen atoms in total. The first kappa shape index (κ1) is 15.9. The molecule has 6 heteroatoms. The highest BCUT2D eigenvalue weighted by Gasteiger charge is 2.26. The summed E-state index contributed by atoms with van der Waals surface area (Å²) >= 11 is 1.49. The fraction of sp³-hybridized carbons (Fsp3) is 0.263. The van der Waals surface area contributed by atoms with Gasteiger partial charge in [-0.3, -0.25) is 9.59 Å². The first-order chi connectivity index (χ1) is 12.1. The number of aromatic amines is 1. The van der Waals surface area contributed by atoms with Crippen LogP contribution < -0.4 is 5.73 Å². The zero-order valence-corrected chi connectivity index (χ0v) is 14.5. The average molecular weight is 353 g/mol. The second-order valence-corrected chi connectivity index (χ2v) is 7.36. The third-order valence-corrected chi connectivity index (χ3v) is 5.81. The fourth-order valence-electron chi connectivity index (χ4n) is 3.58. The first-order valence-electron chi connectivity index (χ1n) is 8.37. The number of primary amides is 1. The number of nitrogens with two attached hydrogens (primary N) is 1. The van der Waals surface area contributed by atoms with Gasteiger partial charge in [-0.1, -0.05) is 6.07 Å². The summed E-state index contributed by atoms with van der Waals surface area (Å²) in [5.74, 6) is 0.0954. The van der Waals surface area contributed by atoms with Crippen molar-refractivity contribution in [3.63, 3.8) is 0 Å². The van der Waals surface area contributed by atoms with Crippen molar-refractivity contribution in [2.75, 3.05) is 13.1 Å². The summed E-state index contributed by atoms with van der Waals surface area (Å²) < 4.78 is 0. The van der Waals surface area contributed by atoms with Gasteiger partial charge in [0, 0.05) is 35.8 Å². The van der Waals surface area contributed by atoms with Crippen molar-refractivity contribution in [1.29, 1.82) is 0 Å². The Labute approximate surface area is 149 Å². The molecule has 128 valence electrons. The van der Waals surface area contributed by atoms with E-state index in [1.54, 1.807) is 6.07 Å². The van der Waals surface area contributed by atoms with Gasteiger partial charge in [-0.15, -0.1) is 11.3 Å². The maximum Gasteiger partial charge on any atom is 0.263 e. The Morgan fingerprint density at radius 1 is 1.20 bits per heavy atom. The smallest absolute Gasteiger partial charge is 0.263 e. The molecule has 3 heterocycles. The molecule has 0 aliphatic carbocycles. The predicted molar refractivity (Wildman–Crippen MR) is 99.0 cm³/mol. The molecule has 0 saturated carbocycles. The zero-order valence-electron chi connectivity index (χ0n) is 13.7. The number of likely N-dealkylation sites (tertiary alicyclic amines) is 1. The molecule has 3 aromatic rings. The summed E-state index contributed by atoms with van der Waals surface area (Å²) in [4.78, 5) is 29.9. The summed E-state index contributed by atoms with van der Waals surface area (Å²) in [5, 5.41) is 2.99. The van der Waals surface area contributed by atoms with E-state index >= 15 is 0 Å². The van der Waals surface area contributed by atoms with Crippen LogP contribution in [0.1, 0.15) is 44.4 Å². The van der Waals surface area contributed by atoms with Gasteiger partial charge in [0.15, 0.2) is 0 Å². The predicted octanol–water partition coefficient (Wildman–Crippen LogP) is 3.35. The molecular weight excluding hydrogens is 334 g/mol. The topological polar surface area (TPSA) is 79.2 Å². The van der Waals surface area contributed by atoms with Crippen molar-refractivity contribution in [1.82, 2.24) is 9.88 Å². The number of carbonyl (C=O) groups is 2. The van der Waals surface area contributed by atoms with Gasteiger partial charge in [0.2, 0.25) is 5.91 Å². The number of rotatable bonds is 3. The average Bonchev–Trinajstić information content (AvgIpc) is 3.30. The van der Waals surface area contributed by atoms with Gasteiger partial charge in [-0.25, -0.2) is 0 Å². The molecule has 2 amide bonds. The number of nitrogens with one attached hydrogen (secondary N) is 1. The standard InChI is InChI=1S/C19H19N3O2S/c20-18(23)13-3-4-16-14(10-13)15(11-21-16)12-5-7-22(8-6-12)19(24)17-2-1-9-25-17/h1-4,9-12,21H,5-8H2,(H2,20,23). The Kier molecular flexibility index (Phi) is 4.05. The normalized spacial score (nSPS) is 15.6. The van der Waals surface area contributed by atoms with Crippen molar-refractivity contribution >= 4 is 34.1 Å². The van der Waals surface area contributed by atoms with Crippen LogP contribution >= 0.6 is 11.3 Å². The highest BCUT2D eigenvalue weighted by molar-refractivity contribution is 7.12. The largest absolute Gasteiger partial charge is 0.366 e. The minimum atomic E-state index is -0.412. The van der Waals surface area contributed by atoms with Gasteiger partial charge in [0.1, 0.15) is 0 Å². The van der Waals surface area contributed by atoms with Gasteiger partial charge < -0.3 is 15.6 Å². The van der Waals surface area contributed by atoms with Gasteiger partial charge in [-0.05, 0) is 54.0 Å². The van der Waals surface area contributed by atoms with Gasteiger partial charge in [0.25, 0.3) is 5.91 Å². The molecule has 1 aliphatic rings. The van der Waals surface area contributed by atoms with Gasteiger partial charge in [0.05, 0.1) is 4.88 Å². The number of amides is 2. The summed E-state index contributed by atoms with van der Waals surface area (Å²) in [5.41, 5.74) is 8.15. The Morgan fingerprint density at radius 3 is 2.68 bits per heavy atom. The van der Waals surface area contributed by atoms with E-state index in [9.17, 15) is 9.59 Å². The lowest BCUT2D eigenvalue weighted by molar-refractivity contribution is 0.0718. The number of fused-ring (bicyclic) bond motifs is 1. The van der Waals surface area contributed by atoms with Crippen LogP contribution in [0.2, 0.25) is 0 Å². The van der Waals surface area contributed by atoms with Crippen molar-refractivity contribution in [3.8, 4) is 0 Å². The summed E-state index contributed by atoms with van der Waals surface area (Å²) in [6, 6.07) is 9.30. The maximum atomic E-state index is 12.5. The molecule has 4 rings (SSSR count). The molecule has 1 aliphatic heterocycles. The third kappa shape index (κ3) is 2.93. The van der Waals surface area contributed by atoms with E-state index in [0.717, 1.165) is 41.7 Å². The Hall–Kier alpha value is -2.60. The van der Waals surface area contributed by atoms with Crippen LogP contribution in [0.3, 0.4) is 0 Å². The number of carbonyl (C=O) groups excluding carboxylic acids is 2. The highest BCUT2D eigenvalue weighted by atomic mass is 32.1. The van der Waals surface area contributed by atoms with Crippen LogP contribution in [0.4, 0.5) is 0 Å². The van der Waals surface area contributed by atoms with Crippen LogP contribution in [0, 0.1) is 0 Å². The van der Waals surface area contributed by atoms with E-state index in [0.29, 0.717) is 11.5 Å². The molecule has 0 unspecified atom stereocenters. The third-order valence-electron chi connectivity index (χ3n) is 4.95. The van der Waals surface area contributed by atoms with Crippen LogP contribution in [0.15, 0.2) is 41.9 Å². The van der Waals surface area contributed by atoms with E-state index in [1.807, 2.05) is 40.7 Å². The lowest BCUT2D eigenvalue weighted by Crippen LogP contribution is -2.37. The Bertz CT molecular complexity index is 921. The molecule has 0 radical (unpaired) electrons. The number of H-pyrrole nitrogens is 1. The van der Waals surface area contributed by atoms with Gasteiger partial charge in [-0.2, -0.15) is 0 Å². The second-order valence-electron chi connectivity index (χ2n) is 6.41. The fourth-order valence-corrected chi connectivity index (χ4v) is 4.27. The monoisotopic (exact) mass is 353 g/mol. The van der Waals surface area contributed by atoms with Crippen molar-refractivity contribution in [3.05, 3.63) is 57.9 Å². The summed E-state index contributed by atoms with van der Waals surface area (Å²) in [6.07, 6.45) is 3.87. The molecule has 1 aromatic carbocycles. The highest BCUT2D eigenvalue weighted by Crippen LogP contribution is 2.34. The molecule has 0 spiro atoms. The number of aromatic nitrogens is 1. The number of piperidine rings is 1. The SMILES string of the molecule is NC(=O)c1ccc2[nH]cc(C3CCN(C(=O)c4cccs4)CC3)c2c1. The van der Waals surface area contributed by atoms with Crippen molar-refractivity contribution in [2.24, 2.45) is 5.73 Å². The molecule has 3 N–H and O–H groups in total. The number of thiophene rings is 1. The van der Waals surface area contributed by atoms with Crippen LogP contribution in [-0.2, 0) is 0 Å². The van der Waals surface area contributed by atoms with Crippen LogP contribution in [0.5, 0.6) is 0 Å². The van der Waals surface area contributed by atoms with E-state index in [1.165, 1.54) is 16.9 Å². The number of benzene rings is 1. The minimum Gasteiger partial charge on any atom is -0.366 e. The quantitative estimate of drug-likeness (QED) is 0.757. The molecule has 1 fully saturated rings. The lowest BCUT2D eigenvalue weighted by Gasteiger charge is -2.31. The summed E-state index contributed by atoms with van der Waals surface area (Å²) in [6.45, 7) is 1.51. The maximum absolute atomic E-state index is 12.5. The van der Waals surface area contributed by atoms with E-state index in [2.05, 4.69) is 4.98 Å². The Balaban J connectivity index is 1.53. The van der Waals surface area contributed by atoms with Crippen molar-refractivity contribution in [2.45, 2.75) is 18.8 Å². The number of nitrogens with zero attached hydrogens (tertiary/aromatic N) is 1. The van der Waals surface area contributed by atoms with E-state index in [4.69, 9.17) is 5.73 Å². The Morgan fingerprint density at radius 2 is 2.00 bits per heavy atom. The van der Waals surface area contributed by atoms with Crippen LogP contribution in [0.25, 0.3) is 10.9 Å². The second kappa shape index (κ2) is 6.37. The summed E-state index contributed by atoms with van der Waals surface area (Å²) in [7, 11) is 0. The number of hydrogen-bond acceptors (Lipinski definition) is 3. The minimum absolute atomic E-state index is 0.128. The van der Waals surface area contributed by atoms with Crippen molar-refractivity contribution < 1.29 is 9.59 Å². The van der Waals surface area contributed by atoms with E-state index < -0.39 is 5.91 Å². The number of hydrogen-bond donors (Lipinski definition) is 2. The zero-order chi connectivity index (χ0) is 17.4. The first-order valence-corrected chi connectivity index (χ1v) is 9.25. The van der Waals surface area contributed by atoms with E-state index in [-0.39, 0.29) is 5.91 Å². The van der Waals surface area contributed by atoms with Gasteiger partial charge >= 0.3 is 0 Å². The van der Waals surface area contributed by atoms with Crippen LogP contribution in [-0.4, -0.2) is 34.8 Å². The lowest BCUT2D eigenvalue weighted by atomic mass is 9.89. The molecule has 25 heavy (non-hydrogen) atoms. The molecule has 0 bridgehead atoms. The molecule has 1 saturated heterocycles. The molecule has 2 aromatic heterocycles. The molecule has 0 atom stereocenters.